The van der Waals surface area contributed by atoms with Gasteiger partial charge in [0.15, 0.2) is 11.5 Å². The molecule has 0 bridgehead atoms. The number of carbonyl (C=O) groups is 2. The lowest BCUT2D eigenvalue weighted by molar-refractivity contribution is -0.120. The maximum Gasteiger partial charge on any atom is 0.259 e. The van der Waals surface area contributed by atoms with Crippen molar-refractivity contribution < 1.29 is 23.8 Å². The van der Waals surface area contributed by atoms with Crippen molar-refractivity contribution >= 4 is 29.6 Å². The molecule has 2 N–H and O–H groups in total. The van der Waals surface area contributed by atoms with Crippen molar-refractivity contribution in [2.24, 2.45) is 5.10 Å². The van der Waals surface area contributed by atoms with Crippen LogP contribution >= 0.6 is 11.6 Å². The van der Waals surface area contributed by atoms with Gasteiger partial charge >= 0.3 is 0 Å². The average Bonchev–Trinajstić information content (AvgIpc) is 3.19. The van der Waals surface area contributed by atoms with Gasteiger partial charge in [-0.3, -0.25) is 9.59 Å². The molecule has 0 fully saturated rings. The van der Waals surface area contributed by atoms with Gasteiger partial charge in [-0.2, -0.15) is 5.10 Å². The molecule has 2 aromatic carbocycles. The van der Waals surface area contributed by atoms with E-state index in [0.29, 0.717) is 40.0 Å². The number of hydrazone groups is 1. The SMILES string of the molecule is CCCOc1ccc(Cl)cc1/C=N\NC(=O)CNC(=O)c1ccc2c(c1)OCO2. The molecule has 9 heteroatoms. The van der Waals surface area contributed by atoms with Crippen LogP contribution in [0.25, 0.3) is 0 Å². The summed E-state index contributed by atoms with van der Waals surface area (Å²) in [6.45, 7) is 2.44. The first-order valence-electron chi connectivity index (χ1n) is 8.99. The van der Waals surface area contributed by atoms with E-state index in [9.17, 15) is 9.59 Å². The van der Waals surface area contributed by atoms with Gasteiger partial charge in [0.1, 0.15) is 5.75 Å². The minimum Gasteiger partial charge on any atom is -0.493 e. The Kier molecular flexibility index (Phi) is 6.91. The van der Waals surface area contributed by atoms with E-state index in [2.05, 4.69) is 15.8 Å². The van der Waals surface area contributed by atoms with E-state index in [4.69, 9.17) is 25.8 Å². The molecule has 0 aromatic heterocycles. The number of hydrogen-bond acceptors (Lipinski definition) is 6. The largest absolute Gasteiger partial charge is 0.493 e. The summed E-state index contributed by atoms with van der Waals surface area (Å²) in [6.07, 6.45) is 2.30. The third-order valence-corrected chi connectivity index (χ3v) is 4.11. The zero-order valence-corrected chi connectivity index (χ0v) is 16.5. The average molecular weight is 418 g/mol. The number of hydrogen-bond donors (Lipinski definition) is 2. The van der Waals surface area contributed by atoms with Crippen LogP contribution in [-0.4, -0.2) is 38.0 Å². The molecular weight excluding hydrogens is 398 g/mol. The van der Waals surface area contributed by atoms with Gasteiger partial charge in [-0.1, -0.05) is 18.5 Å². The highest BCUT2D eigenvalue weighted by Crippen LogP contribution is 2.32. The molecule has 0 atom stereocenters. The zero-order valence-electron chi connectivity index (χ0n) is 15.7. The fraction of sp³-hybridized carbons (Fsp3) is 0.250. The van der Waals surface area contributed by atoms with E-state index >= 15 is 0 Å². The van der Waals surface area contributed by atoms with Crippen LogP contribution in [0.1, 0.15) is 29.3 Å². The van der Waals surface area contributed by atoms with Gasteiger partial charge in [0.25, 0.3) is 11.8 Å². The number of nitrogens with zero attached hydrogens (tertiary/aromatic N) is 1. The minimum atomic E-state index is -0.478. The predicted molar refractivity (Wildman–Crippen MR) is 108 cm³/mol. The summed E-state index contributed by atoms with van der Waals surface area (Å²) < 4.78 is 16.1. The Morgan fingerprint density at radius 3 is 2.86 bits per heavy atom. The van der Waals surface area contributed by atoms with Crippen LogP contribution in [0.3, 0.4) is 0 Å². The van der Waals surface area contributed by atoms with Crippen LogP contribution in [0.5, 0.6) is 17.2 Å². The summed E-state index contributed by atoms with van der Waals surface area (Å²) >= 11 is 6.00. The van der Waals surface area contributed by atoms with E-state index in [1.807, 2.05) is 6.92 Å². The second-order valence-corrected chi connectivity index (χ2v) is 6.51. The van der Waals surface area contributed by atoms with Gasteiger partial charge in [-0.15, -0.1) is 0 Å². The molecule has 0 unspecified atom stereocenters. The van der Waals surface area contributed by atoms with Gasteiger partial charge in [-0.25, -0.2) is 5.43 Å². The Bertz CT molecular complexity index is 932. The summed E-state index contributed by atoms with van der Waals surface area (Å²) in [5.41, 5.74) is 3.35. The Labute approximate surface area is 172 Å². The van der Waals surface area contributed by atoms with Crippen molar-refractivity contribution in [2.75, 3.05) is 19.9 Å². The normalized spacial score (nSPS) is 12.1. The van der Waals surface area contributed by atoms with Crippen molar-refractivity contribution in [2.45, 2.75) is 13.3 Å². The second kappa shape index (κ2) is 9.79. The highest BCUT2D eigenvalue weighted by atomic mass is 35.5. The van der Waals surface area contributed by atoms with Crippen LogP contribution in [0.2, 0.25) is 5.02 Å². The Balaban J connectivity index is 1.51. The third kappa shape index (κ3) is 5.61. The summed E-state index contributed by atoms with van der Waals surface area (Å²) in [4.78, 5) is 24.1. The number of fused-ring (bicyclic) bond motifs is 1. The van der Waals surface area contributed by atoms with Crippen LogP contribution in [0, 0.1) is 0 Å². The van der Waals surface area contributed by atoms with E-state index in [1.54, 1.807) is 36.4 Å². The maximum atomic E-state index is 12.2. The monoisotopic (exact) mass is 417 g/mol. The third-order valence-electron chi connectivity index (χ3n) is 3.87. The molecule has 2 aromatic rings. The maximum absolute atomic E-state index is 12.2. The number of halogens is 1. The molecule has 152 valence electrons. The highest BCUT2D eigenvalue weighted by molar-refractivity contribution is 6.30. The van der Waals surface area contributed by atoms with Crippen LogP contribution in [-0.2, 0) is 4.79 Å². The lowest BCUT2D eigenvalue weighted by Gasteiger charge is -2.08. The van der Waals surface area contributed by atoms with Crippen molar-refractivity contribution in [3.8, 4) is 17.2 Å². The van der Waals surface area contributed by atoms with E-state index < -0.39 is 11.8 Å². The molecule has 2 amide bonds. The van der Waals surface area contributed by atoms with Crippen molar-refractivity contribution in [1.82, 2.24) is 10.7 Å². The van der Waals surface area contributed by atoms with E-state index in [0.717, 1.165) is 6.42 Å². The molecule has 0 aliphatic carbocycles. The molecule has 3 rings (SSSR count). The Morgan fingerprint density at radius 1 is 1.21 bits per heavy atom. The second-order valence-electron chi connectivity index (χ2n) is 6.07. The first kappa shape index (κ1) is 20.5. The first-order chi connectivity index (χ1) is 14.1. The first-order valence-corrected chi connectivity index (χ1v) is 9.36. The zero-order chi connectivity index (χ0) is 20.6. The van der Waals surface area contributed by atoms with Crippen molar-refractivity contribution in [3.05, 3.63) is 52.5 Å². The summed E-state index contributed by atoms with van der Waals surface area (Å²) in [7, 11) is 0. The molecule has 29 heavy (non-hydrogen) atoms. The van der Waals surface area contributed by atoms with Gasteiger partial charge in [0.2, 0.25) is 6.79 Å². The molecule has 0 saturated carbocycles. The lowest BCUT2D eigenvalue weighted by Crippen LogP contribution is -2.34. The van der Waals surface area contributed by atoms with Crippen LogP contribution in [0.15, 0.2) is 41.5 Å². The standard InChI is InChI=1S/C20H20ClN3O5/c1-2-7-27-16-6-4-15(21)8-14(16)10-23-24-19(25)11-22-20(26)13-3-5-17-18(9-13)29-12-28-17/h3-6,8-10H,2,7,11-12H2,1H3,(H,22,26)(H,24,25)/b23-10-. The summed E-state index contributed by atoms with van der Waals surface area (Å²) in [6, 6.07) is 9.94. The number of rotatable bonds is 8. The quantitative estimate of drug-likeness (QED) is 0.508. The number of ether oxygens (including phenoxy) is 3. The molecular formula is C20H20ClN3O5. The van der Waals surface area contributed by atoms with Gasteiger partial charge in [0, 0.05) is 16.1 Å². The van der Waals surface area contributed by atoms with Crippen LogP contribution in [0.4, 0.5) is 0 Å². The number of benzene rings is 2. The van der Waals surface area contributed by atoms with Crippen molar-refractivity contribution in [3.63, 3.8) is 0 Å². The lowest BCUT2D eigenvalue weighted by atomic mass is 10.2. The topological polar surface area (TPSA) is 98.2 Å². The minimum absolute atomic E-state index is 0.124. The van der Waals surface area contributed by atoms with E-state index in [1.165, 1.54) is 6.21 Å². The van der Waals surface area contributed by atoms with Gasteiger partial charge in [-0.05, 0) is 42.8 Å². The van der Waals surface area contributed by atoms with E-state index in [-0.39, 0.29) is 13.3 Å². The van der Waals surface area contributed by atoms with Crippen molar-refractivity contribution in [1.29, 1.82) is 0 Å². The molecule has 1 aliphatic rings. The number of amides is 2. The summed E-state index contributed by atoms with van der Waals surface area (Å²) in [5, 5.41) is 6.94. The predicted octanol–water partition coefficient (Wildman–Crippen LogP) is 2.74. The number of nitrogens with one attached hydrogen (secondary N) is 2. The molecule has 0 saturated heterocycles. The fourth-order valence-electron chi connectivity index (χ4n) is 2.48. The Morgan fingerprint density at radius 2 is 2.03 bits per heavy atom. The molecule has 0 spiro atoms. The smallest absolute Gasteiger partial charge is 0.259 e. The molecule has 1 heterocycles. The van der Waals surface area contributed by atoms with Gasteiger partial charge < -0.3 is 19.5 Å². The summed E-state index contributed by atoms with van der Waals surface area (Å²) in [5.74, 6) is 0.803. The van der Waals surface area contributed by atoms with Gasteiger partial charge in [0.05, 0.1) is 19.4 Å². The number of carbonyl (C=O) groups excluding carboxylic acids is 2. The molecule has 8 nitrogen and oxygen atoms in total. The molecule has 1 aliphatic heterocycles. The fourth-order valence-corrected chi connectivity index (χ4v) is 2.66. The molecule has 0 radical (unpaired) electrons. The van der Waals surface area contributed by atoms with Crippen LogP contribution < -0.4 is 25.0 Å². The Hall–Kier alpha value is -3.26. The highest BCUT2D eigenvalue weighted by Gasteiger charge is 2.16.